The van der Waals surface area contributed by atoms with Crippen LogP contribution in [0.5, 0.6) is 0 Å². The number of rotatable bonds is 6. The molecule has 1 rings (SSSR count). The Labute approximate surface area is 113 Å². The van der Waals surface area contributed by atoms with Crippen molar-refractivity contribution in [3.8, 4) is 0 Å². The van der Waals surface area contributed by atoms with Crippen molar-refractivity contribution in [3.05, 3.63) is 35.9 Å². The van der Waals surface area contributed by atoms with Crippen LogP contribution in [0.2, 0.25) is 0 Å². The van der Waals surface area contributed by atoms with E-state index in [1.807, 2.05) is 0 Å². The monoisotopic (exact) mass is 294 g/mol. The second-order valence-corrected chi connectivity index (χ2v) is 4.57. The molecule has 0 radical (unpaired) electrons. The van der Waals surface area contributed by atoms with Crippen molar-refractivity contribution in [2.24, 2.45) is 0 Å². The average molecular weight is 294 g/mol. The van der Waals surface area contributed by atoms with Crippen LogP contribution in [0.25, 0.3) is 0 Å². The summed E-state index contributed by atoms with van der Waals surface area (Å²) in [5, 5.41) is 0. The predicted molar refractivity (Wildman–Crippen MR) is 65.3 cm³/mol. The van der Waals surface area contributed by atoms with Gasteiger partial charge in [-0.05, 0) is 24.2 Å². The van der Waals surface area contributed by atoms with Crippen molar-refractivity contribution < 1.29 is 27.4 Å². The van der Waals surface area contributed by atoms with Crippen molar-refractivity contribution >= 4 is 17.7 Å². The maximum Gasteiger partial charge on any atom is 0.444 e. The fourth-order valence-corrected chi connectivity index (χ4v) is 1.77. The van der Waals surface area contributed by atoms with Crippen LogP contribution in [0, 0.1) is 0 Å². The number of carbonyl (C=O) groups is 1. The minimum absolute atomic E-state index is 0.00243. The van der Waals surface area contributed by atoms with Gasteiger partial charge in [0, 0.05) is 0 Å². The summed E-state index contributed by atoms with van der Waals surface area (Å²) >= 11 is -0.528. The van der Waals surface area contributed by atoms with E-state index in [-0.39, 0.29) is 13.2 Å². The lowest BCUT2D eigenvalue weighted by Gasteiger charge is -2.17. The molecule has 1 unspecified atom stereocenters. The molecule has 7 heteroatoms. The standard InChI is InChI=1S/C12H13F3O3S/c1-2-17-10(16)11(19-12(13,14)15)18-8-9-6-4-3-5-7-9/h3-7,11H,2,8H2,1H3. The fraction of sp³-hybridized carbons (Fsp3) is 0.417. The van der Waals surface area contributed by atoms with Gasteiger partial charge in [0.05, 0.1) is 13.2 Å². The topological polar surface area (TPSA) is 35.5 Å². The highest BCUT2D eigenvalue weighted by atomic mass is 32.2. The number of alkyl halides is 3. The summed E-state index contributed by atoms with van der Waals surface area (Å²) in [5.74, 6) is -1.03. The molecule has 0 aromatic heterocycles. The predicted octanol–water partition coefficient (Wildman–Crippen LogP) is 3.35. The van der Waals surface area contributed by atoms with E-state index in [1.165, 1.54) is 6.92 Å². The Hall–Kier alpha value is -1.21. The van der Waals surface area contributed by atoms with E-state index in [0.717, 1.165) is 0 Å². The van der Waals surface area contributed by atoms with E-state index in [9.17, 15) is 18.0 Å². The minimum atomic E-state index is -4.56. The Bertz CT molecular complexity index is 395. The zero-order valence-electron chi connectivity index (χ0n) is 10.1. The molecule has 0 amide bonds. The van der Waals surface area contributed by atoms with Crippen molar-refractivity contribution in [2.75, 3.05) is 6.61 Å². The molecule has 0 saturated heterocycles. The molecular formula is C12H13F3O3S. The lowest BCUT2D eigenvalue weighted by molar-refractivity contribution is -0.152. The van der Waals surface area contributed by atoms with Gasteiger partial charge < -0.3 is 9.47 Å². The third-order valence-corrected chi connectivity index (χ3v) is 2.77. The first-order valence-corrected chi connectivity index (χ1v) is 6.37. The van der Waals surface area contributed by atoms with Gasteiger partial charge >= 0.3 is 11.5 Å². The van der Waals surface area contributed by atoms with Crippen LogP contribution in [-0.2, 0) is 20.9 Å². The van der Waals surface area contributed by atoms with Crippen LogP contribution < -0.4 is 0 Å². The summed E-state index contributed by atoms with van der Waals surface area (Å²) < 4.78 is 46.5. The van der Waals surface area contributed by atoms with Gasteiger partial charge in [-0.15, -0.1) is 0 Å². The van der Waals surface area contributed by atoms with E-state index < -0.39 is 28.7 Å². The summed E-state index contributed by atoms with van der Waals surface area (Å²) in [6.07, 6.45) is 0. The highest BCUT2D eigenvalue weighted by molar-refractivity contribution is 8.01. The highest BCUT2D eigenvalue weighted by Crippen LogP contribution is 2.35. The number of ether oxygens (including phenoxy) is 2. The number of hydrogen-bond acceptors (Lipinski definition) is 4. The second kappa shape index (κ2) is 7.40. The number of esters is 1. The van der Waals surface area contributed by atoms with Crippen LogP contribution in [0.4, 0.5) is 13.2 Å². The zero-order valence-corrected chi connectivity index (χ0v) is 11.0. The molecule has 0 fully saturated rings. The molecule has 0 aliphatic carbocycles. The summed E-state index contributed by atoms with van der Waals surface area (Å²) in [6, 6.07) is 8.63. The van der Waals surface area contributed by atoms with E-state index in [0.29, 0.717) is 5.56 Å². The number of hydrogen-bond donors (Lipinski definition) is 0. The minimum Gasteiger partial charge on any atom is -0.463 e. The number of thioether (sulfide) groups is 1. The molecule has 1 aromatic carbocycles. The summed E-state index contributed by atoms with van der Waals surface area (Å²) in [4.78, 5) is 11.4. The quantitative estimate of drug-likeness (QED) is 0.595. The van der Waals surface area contributed by atoms with Gasteiger partial charge in [-0.1, -0.05) is 30.3 Å². The Kier molecular flexibility index (Phi) is 6.17. The largest absolute Gasteiger partial charge is 0.463 e. The first-order valence-electron chi connectivity index (χ1n) is 5.49. The molecule has 0 N–H and O–H groups in total. The molecule has 1 aromatic rings. The van der Waals surface area contributed by atoms with Crippen LogP contribution in [-0.4, -0.2) is 23.5 Å². The smallest absolute Gasteiger partial charge is 0.444 e. The van der Waals surface area contributed by atoms with Gasteiger partial charge in [0.1, 0.15) is 0 Å². The van der Waals surface area contributed by atoms with Crippen LogP contribution in [0.3, 0.4) is 0 Å². The van der Waals surface area contributed by atoms with Crippen molar-refractivity contribution in [2.45, 2.75) is 24.5 Å². The molecule has 0 aliphatic heterocycles. The first kappa shape index (κ1) is 15.8. The second-order valence-electron chi connectivity index (χ2n) is 3.44. The lowest BCUT2D eigenvalue weighted by atomic mass is 10.2. The number of carbonyl (C=O) groups excluding carboxylic acids is 1. The maximum absolute atomic E-state index is 12.3. The van der Waals surface area contributed by atoms with Crippen LogP contribution in [0.1, 0.15) is 12.5 Å². The molecule has 0 aliphatic rings. The van der Waals surface area contributed by atoms with Gasteiger partial charge in [0.15, 0.2) is 0 Å². The van der Waals surface area contributed by atoms with Crippen molar-refractivity contribution in [3.63, 3.8) is 0 Å². The van der Waals surface area contributed by atoms with Crippen LogP contribution >= 0.6 is 11.8 Å². The van der Waals surface area contributed by atoms with Gasteiger partial charge in [0.25, 0.3) is 0 Å². The fourth-order valence-electron chi connectivity index (χ4n) is 1.23. The zero-order chi connectivity index (χ0) is 14.3. The number of halogens is 3. The number of benzene rings is 1. The Morgan fingerprint density at radius 1 is 1.32 bits per heavy atom. The Morgan fingerprint density at radius 3 is 2.47 bits per heavy atom. The third-order valence-electron chi connectivity index (χ3n) is 1.96. The van der Waals surface area contributed by atoms with Gasteiger partial charge in [0.2, 0.25) is 5.44 Å². The Balaban J connectivity index is 2.61. The molecule has 0 heterocycles. The van der Waals surface area contributed by atoms with Crippen LogP contribution in [0.15, 0.2) is 30.3 Å². The molecule has 3 nitrogen and oxygen atoms in total. The lowest BCUT2D eigenvalue weighted by Crippen LogP contribution is -2.26. The van der Waals surface area contributed by atoms with Gasteiger partial charge in [-0.2, -0.15) is 13.2 Å². The van der Waals surface area contributed by atoms with E-state index >= 15 is 0 Å². The van der Waals surface area contributed by atoms with Gasteiger partial charge in [-0.25, -0.2) is 4.79 Å². The van der Waals surface area contributed by atoms with E-state index in [1.54, 1.807) is 30.3 Å². The molecule has 0 spiro atoms. The molecule has 1 atom stereocenters. The SMILES string of the molecule is CCOC(=O)C(OCc1ccccc1)SC(F)(F)F. The van der Waals surface area contributed by atoms with Crippen molar-refractivity contribution in [1.82, 2.24) is 0 Å². The highest BCUT2D eigenvalue weighted by Gasteiger charge is 2.38. The summed E-state index contributed by atoms with van der Waals surface area (Å²) in [7, 11) is 0. The normalized spacial score (nSPS) is 13.1. The van der Waals surface area contributed by atoms with Gasteiger partial charge in [-0.3, -0.25) is 0 Å². The molecule has 0 bridgehead atoms. The molecular weight excluding hydrogens is 281 g/mol. The molecule has 0 saturated carbocycles. The maximum atomic E-state index is 12.3. The third kappa shape index (κ3) is 6.49. The molecule has 106 valence electrons. The van der Waals surface area contributed by atoms with E-state index in [4.69, 9.17) is 4.74 Å². The van der Waals surface area contributed by atoms with Crippen molar-refractivity contribution in [1.29, 1.82) is 0 Å². The first-order chi connectivity index (χ1) is 8.92. The summed E-state index contributed by atoms with van der Waals surface area (Å²) in [5.41, 5.74) is -5.59. The average Bonchev–Trinajstić information content (AvgIpc) is 2.34. The molecule has 19 heavy (non-hydrogen) atoms. The van der Waals surface area contributed by atoms with E-state index in [2.05, 4.69) is 4.74 Å². The Morgan fingerprint density at radius 2 is 1.95 bits per heavy atom. The summed E-state index contributed by atoms with van der Waals surface area (Å²) in [6.45, 7) is 1.43.